The van der Waals surface area contributed by atoms with Crippen molar-refractivity contribution in [2.24, 2.45) is 0 Å². The second-order valence-electron chi connectivity index (χ2n) is 3.64. The molecule has 0 spiro atoms. The van der Waals surface area contributed by atoms with Gasteiger partial charge in [-0.1, -0.05) is 30.3 Å². The maximum Gasteiger partial charge on any atom is 0.222 e. The summed E-state index contributed by atoms with van der Waals surface area (Å²) in [6, 6.07) is 8.93. The quantitative estimate of drug-likeness (QED) is 0.737. The van der Waals surface area contributed by atoms with E-state index in [4.69, 9.17) is 11.5 Å². The van der Waals surface area contributed by atoms with Crippen molar-refractivity contribution in [3.63, 3.8) is 0 Å². The van der Waals surface area contributed by atoms with Crippen LogP contribution in [-0.2, 0) is 20.1 Å². The molecule has 6 nitrogen and oxygen atoms in total. The number of nitrogens with zero attached hydrogens (tertiary/aromatic N) is 2. The van der Waals surface area contributed by atoms with E-state index in [0.29, 0.717) is 12.1 Å². The van der Waals surface area contributed by atoms with Crippen molar-refractivity contribution in [1.29, 1.82) is 0 Å². The summed E-state index contributed by atoms with van der Waals surface area (Å²) in [6.45, 7) is 0.436. The van der Waals surface area contributed by atoms with Gasteiger partial charge in [-0.15, -0.1) is 6.54 Å². The predicted molar refractivity (Wildman–Crippen MR) is 74.8 cm³/mol. The van der Waals surface area contributed by atoms with Gasteiger partial charge in [-0.25, -0.2) is 9.37 Å². The molecule has 0 amide bonds. The van der Waals surface area contributed by atoms with E-state index < -0.39 is 5.82 Å². The number of rotatable bonds is 4. The van der Waals surface area contributed by atoms with Crippen LogP contribution in [0.2, 0.25) is 0 Å². The van der Waals surface area contributed by atoms with Crippen molar-refractivity contribution in [3.8, 4) is 11.3 Å². The van der Waals surface area contributed by atoms with Gasteiger partial charge in [0.2, 0.25) is 5.95 Å². The monoisotopic (exact) mass is 455 g/mol. The van der Waals surface area contributed by atoms with Crippen molar-refractivity contribution in [1.82, 2.24) is 9.97 Å². The first kappa shape index (κ1) is 18.4. The van der Waals surface area contributed by atoms with Gasteiger partial charge in [-0.2, -0.15) is 4.98 Å². The van der Waals surface area contributed by atoms with Crippen molar-refractivity contribution < 1.29 is 24.5 Å². The molecule has 0 aliphatic carbocycles. The van der Waals surface area contributed by atoms with Gasteiger partial charge in [-0.3, -0.25) is 0 Å². The molecule has 0 aliphatic rings. The van der Waals surface area contributed by atoms with E-state index in [9.17, 15) is 4.39 Å². The average Bonchev–Trinajstić information content (AvgIpc) is 2.40. The molecule has 0 fully saturated rings. The molecule has 0 saturated heterocycles. The zero-order valence-corrected chi connectivity index (χ0v) is 13.0. The molecule has 1 radical (unpaired) electrons. The number of nitrogens with two attached hydrogens (primary N) is 2. The Kier molecular flexibility index (Phi) is 7.86. The first-order chi connectivity index (χ1) is 8.72. The largest absolute Gasteiger partial charge is 0.693 e. The minimum atomic E-state index is -0.552. The van der Waals surface area contributed by atoms with Gasteiger partial charge in [0.25, 0.3) is 0 Å². The third-order valence-electron chi connectivity index (χ3n) is 2.33. The first-order valence-corrected chi connectivity index (χ1v) is 5.49. The number of benzene rings is 1. The van der Waals surface area contributed by atoms with E-state index in [0.717, 1.165) is 0 Å². The fourth-order valence-electron chi connectivity index (χ4n) is 1.55. The Morgan fingerprint density at radius 2 is 1.85 bits per heavy atom. The number of hydrogen-bond donors (Lipinski definition) is 2. The van der Waals surface area contributed by atoms with E-state index in [1.165, 1.54) is 0 Å². The molecule has 2 rings (SSSR count). The van der Waals surface area contributed by atoms with Gasteiger partial charge < -0.3 is 22.9 Å². The SMILES string of the molecule is [Ir].[NH-]CCNc1nc(N)nc(-c2ccccc2)c1F.[NH2-]. The number of hydrogen-bond acceptors (Lipinski definition) is 4. The number of nitrogen functional groups attached to an aromatic ring is 1. The molecule has 0 unspecified atom stereocenters. The van der Waals surface area contributed by atoms with Gasteiger partial charge >= 0.3 is 0 Å². The van der Waals surface area contributed by atoms with Crippen molar-refractivity contribution in [3.05, 3.63) is 48.0 Å². The zero-order chi connectivity index (χ0) is 13.0. The third-order valence-corrected chi connectivity index (χ3v) is 2.33. The molecular formula is C12H15FIrN6-2. The smallest absolute Gasteiger partial charge is 0.222 e. The Labute approximate surface area is 130 Å². The molecule has 0 saturated carbocycles. The van der Waals surface area contributed by atoms with Crippen LogP contribution in [0.4, 0.5) is 16.2 Å². The van der Waals surface area contributed by atoms with Crippen molar-refractivity contribution >= 4 is 11.8 Å². The van der Waals surface area contributed by atoms with E-state index in [1.54, 1.807) is 24.3 Å². The standard InChI is InChI=1S/C12H13FN5.Ir.H2N/c13-9-10(8-4-2-1-3-5-8)17-12(15)18-11(9)16-7-6-14;;/h1-5,14H,6-7H2,(H3,15,16,17,18);;1H2/q-1;;-1. The Hall–Kier alpha value is -1.60. The van der Waals surface area contributed by atoms with Crippen LogP contribution in [0.25, 0.3) is 23.1 Å². The van der Waals surface area contributed by atoms with Crippen LogP contribution in [-0.4, -0.2) is 23.1 Å². The zero-order valence-electron chi connectivity index (χ0n) is 10.6. The van der Waals surface area contributed by atoms with Crippen LogP contribution in [0.15, 0.2) is 30.3 Å². The van der Waals surface area contributed by atoms with Crippen LogP contribution in [0.3, 0.4) is 0 Å². The van der Waals surface area contributed by atoms with Crippen LogP contribution in [0.1, 0.15) is 0 Å². The van der Waals surface area contributed by atoms with Gasteiger partial charge in [0.05, 0.1) is 0 Å². The minimum Gasteiger partial charge on any atom is -0.693 e. The first-order valence-electron chi connectivity index (χ1n) is 5.49. The normalized spacial score (nSPS) is 9.30. The van der Waals surface area contributed by atoms with Crippen LogP contribution < -0.4 is 11.1 Å². The van der Waals surface area contributed by atoms with Crippen molar-refractivity contribution in [2.75, 3.05) is 24.1 Å². The summed E-state index contributed by atoms with van der Waals surface area (Å²) in [5.41, 5.74) is 13.4. The summed E-state index contributed by atoms with van der Waals surface area (Å²) in [6.07, 6.45) is 0. The predicted octanol–water partition coefficient (Wildman–Crippen LogP) is 3.04. The molecule has 2 aromatic rings. The van der Waals surface area contributed by atoms with Gasteiger partial charge in [0.1, 0.15) is 5.69 Å². The summed E-state index contributed by atoms with van der Waals surface area (Å²) in [7, 11) is 0. The average molecular weight is 455 g/mol. The Balaban J connectivity index is 0.00000180. The Morgan fingerprint density at radius 1 is 1.20 bits per heavy atom. The molecule has 1 aromatic carbocycles. The second kappa shape index (κ2) is 8.55. The van der Waals surface area contributed by atoms with E-state index in [2.05, 4.69) is 15.3 Å². The summed E-state index contributed by atoms with van der Waals surface area (Å²) in [4.78, 5) is 7.71. The fraction of sp³-hybridized carbons (Fsp3) is 0.167. The van der Waals surface area contributed by atoms with Gasteiger partial charge in [0.15, 0.2) is 11.6 Å². The summed E-state index contributed by atoms with van der Waals surface area (Å²) >= 11 is 0. The number of aromatic nitrogens is 2. The van der Waals surface area contributed by atoms with Crippen LogP contribution in [0.5, 0.6) is 0 Å². The van der Waals surface area contributed by atoms with Gasteiger partial charge in [0, 0.05) is 25.7 Å². The van der Waals surface area contributed by atoms with E-state index in [-0.39, 0.29) is 50.3 Å². The van der Waals surface area contributed by atoms with Gasteiger partial charge in [-0.05, 0) is 6.54 Å². The molecule has 8 heteroatoms. The third kappa shape index (κ3) is 4.21. The molecule has 0 bridgehead atoms. The summed E-state index contributed by atoms with van der Waals surface area (Å²) < 4.78 is 14.2. The number of anilines is 2. The molecule has 6 N–H and O–H groups in total. The molecule has 0 aliphatic heterocycles. The molecule has 1 heterocycles. The van der Waals surface area contributed by atoms with Crippen molar-refractivity contribution in [2.45, 2.75) is 0 Å². The van der Waals surface area contributed by atoms with Crippen LogP contribution >= 0.6 is 0 Å². The summed E-state index contributed by atoms with van der Waals surface area (Å²) in [5, 5.41) is 2.72. The van der Waals surface area contributed by atoms with E-state index in [1.807, 2.05) is 6.07 Å². The maximum atomic E-state index is 14.2. The molecule has 20 heavy (non-hydrogen) atoms. The second-order valence-corrected chi connectivity index (χ2v) is 3.64. The molecule has 0 atom stereocenters. The topological polar surface area (TPSA) is 121 Å². The molecular weight excluding hydrogens is 439 g/mol. The molecule has 111 valence electrons. The Bertz CT molecular complexity index is 537. The minimum absolute atomic E-state index is 0. The Morgan fingerprint density at radius 3 is 2.45 bits per heavy atom. The summed E-state index contributed by atoms with van der Waals surface area (Å²) in [5.74, 6) is -0.514. The molecule has 1 aromatic heterocycles. The number of halogens is 1. The van der Waals surface area contributed by atoms with Crippen LogP contribution in [0, 0.1) is 5.82 Å². The number of nitrogens with one attached hydrogen (secondary N) is 2. The maximum absolute atomic E-state index is 14.2. The fourth-order valence-corrected chi connectivity index (χ4v) is 1.55. The van der Waals surface area contributed by atoms with E-state index >= 15 is 0 Å².